The fraction of sp³-hybridized carbons (Fsp3) is 0.0175. The van der Waals surface area contributed by atoms with Crippen LogP contribution < -0.4 is 0 Å². The molecule has 0 nitrogen and oxygen atoms in total. The largest absolute Gasteiger partial charge is 0.135 e. The average molecular weight is 753 g/mol. The molecule has 270 valence electrons. The van der Waals surface area contributed by atoms with Gasteiger partial charge in [-0.1, -0.05) is 206 Å². The Bertz CT molecular complexity index is 3270. The van der Waals surface area contributed by atoms with Crippen LogP contribution in [0, 0.1) is 0 Å². The lowest BCUT2D eigenvalue weighted by molar-refractivity contribution is 0.777. The second-order valence-electron chi connectivity index (χ2n) is 15.5. The van der Waals surface area contributed by atoms with Gasteiger partial charge in [-0.2, -0.15) is 0 Å². The van der Waals surface area contributed by atoms with Crippen molar-refractivity contribution in [3.8, 4) is 43.8 Å². The Morgan fingerprint density at radius 3 is 1.45 bits per heavy atom. The Hall–Kier alpha value is -7.06. The molecule has 11 aromatic rings. The zero-order chi connectivity index (χ0) is 38.2. The Morgan fingerprint density at radius 1 is 0.328 bits per heavy atom. The zero-order valence-electron chi connectivity index (χ0n) is 31.7. The predicted octanol–water partition coefficient (Wildman–Crippen LogP) is 15.7. The standard InChI is InChI=1S/C57H36S/c1-3-18-41(19-4-1)57(42-20-5-2-6-21-42)51-36-40(34-35-49(51)56-55(57)50-27-13-14-29-52(50)58-56)54-47-25-11-9-23-45(47)53(46-24-10-12-26-48(46)54)39-32-30-38(31-33-39)44-28-15-17-37-16-7-8-22-43(37)44/h1-36H. The van der Waals surface area contributed by atoms with E-state index in [1.165, 1.54) is 108 Å². The van der Waals surface area contributed by atoms with Gasteiger partial charge in [-0.3, -0.25) is 0 Å². The molecule has 1 heterocycles. The summed E-state index contributed by atoms with van der Waals surface area (Å²) >= 11 is 1.93. The number of rotatable bonds is 5. The Kier molecular flexibility index (Phi) is 7.42. The Labute approximate surface area is 342 Å². The Balaban J connectivity index is 1.11. The van der Waals surface area contributed by atoms with Crippen LogP contribution in [-0.4, -0.2) is 0 Å². The van der Waals surface area contributed by atoms with Crippen molar-refractivity contribution in [1.29, 1.82) is 0 Å². The van der Waals surface area contributed by atoms with E-state index in [4.69, 9.17) is 0 Å². The molecule has 1 aliphatic carbocycles. The van der Waals surface area contributed by atoms with Crippen LogP contribution in [0.1, 0.15) is 22.3 Å². The lowest BCUT2D eigenvalue weighted by Gasteiger charge is -2.34. The molecule has 0 fully saturated rings. The quantitative estimate of drug-likeness (QED) is 0.154. The molecule has 1 heteroatoms. The number of hydrogen-bond donors (Lipinski definition) is 0. The van der Waals surface area contributed by atoms with E-state index in [2.05, 4.69) is 218 Å². The van der Waals surface area contributed by atoms with Crippen molar-refractivity contribution in [1.82, 2.24) is 0 Å². The van der Waals surface area contributed by atoms with Crippen molar-refractivity contribution in [2.24, 2.45) is 0 Å². The minimum absolute atomic E-state index is 0.486. The third kappa shape index (κ3) is 4.75. The molecule has 0 saturated heterocycles. The third-order valence-electron chi connectivity index (χ3n) is 12.5. The normalized spacial score (nSPS) is 13.0. The van der Waals surface area contributed by atoms with Gasteiger partial charge in [0.1, 0.15) is 0 Å². The average Bonchev–Trinajstić information content (AvgIpc) is 3.82. The van der Waals surface area contributed by atoms with E-state index in [9.17, 15) is 0 Å². The molecular formula is C57H36S. The van der Waals surface area contributed by atoms with Gasteiger partial charge in [-0.05, 0) is 111 Å². The van der Waals surface area contributed by atoms with E-state index < -0.39 is 5.41 Å². The maximum absolute atomic E-state index is 2.53. The summed E-state index contributed by atoms with van der Waals surface area (Å²) in [4.78, 5) is 1.37. The van der Waals surface area contributed by atoms with Crippen LogP contribution in [0.5, 0.6) is 0 Å². The molecule has 0 amide bonds. The van der Waals surface area contributed by atoms with Crippen LogP contribution >= 0.6 is 11.3 Å². The number of thiophene rings is 1. The van der Waals surface area contributed by atoms with Crippen LogP contribution in [0.3, 0.4) is 0 Å². The highest BCUT2D eigenvalue weighted by Crippen LogP contribution is 2.61. The van der Waals surface area contributed by atoms with Gasteiger partial charge in [-0.25, -0.2) is 0 Å². The van der Waals surface area contributed by atoms with Gasteiger partial charge in [0.25, 0.3) is 0 Å². The van der Waals surface area contributed by atoms with E-state index in [1.54, 1.807) is 0 Å². The lowest BCUT2D eigenvalue weighted by Crippen LogP contribution is -2.28. The predicted molar refractivity (Wildman–Crippen MR) is 248 cm³/mol. The maximum Gasteiger partial charge on any atom is 0.0728 e. The number of benzene rings is 10. The molecule has 0 atom stereocenters. The summed E-state index contributed by atoms with van der Waals surface area (Å²) in [5, 5.41) is 8.92. The zero-order valence-corrected chi connectivity index (χ0v) is 32.5. The smallest absolute Gasteiger partial charge is 0.0728 e. The summed E-state index contributed by atoms with van der Waals surface area (Å²) in [6.45, 7) is 0. The van der Waals surface area contributed by atoms with E-state index in [0.29, 0.717) is 0 Å². The van der Waals surface area contributed by atoms with Crippen LogP contribution in [0.15, 0.2) is 218 Å². The van der Waals surface area contributed by atoms with Crippen molar-refractivity contribution >= 4 is 53.7 Å². The Morgan fingerprint density at radius 2 is 0.810 bits per heavy atom. The van der Waals surface area contributed by atoms with Gasteiger partial charge in [0.2, 0.25) is 0 Å². The first kappa shape index (κ1) is 33.1. The van der Waals surface area contributed by atoms with Gasteiger partial charge in [0, 0.05) is 9.58 Å². The summed E-state index contributed by atoms with van der Waals surface area (Å²) < 4.78 is 1.33. The minimum atomic E-state index is -0.486. The molecule has 1 aliphatic rings. The highest BCUT2D eigenvalue weighted by molar-refractivity contribution is 7.22. The van der Waals surface area contributed by atoms with Crippen LogP contribution in [-0.2, 0) is 5.41 Å². The van der Waals surface area contributed by atoms with E-state index >= 15 is 0 Å². The summed E-state index contributed by atoms with van der Waals surface area (Å²) in [6, 6.07) is 81.2. The first-order chi connectivity index (χ1) is 28.8. The highest BCUT2D eigenvalue weighted by Gasteiger charge is 2.48. The van der Waals surface area contributed by atoms with Gasteiger partial charge in [-0.15, -0.1) is 11.3 Å². The fourth-order valence-electron chi connectivity index (χ4n) is 10.1. The molecule has 1 aromatic heterocycles. The fourth-order valence-corrected chi connectivity index (χ4v) is 11.4. The van der Waals surface area contributed by atoms with E-state index in [1.807, 2.05) is 11.3 Å². The molecule has 0 radical (unpaired) electrons. The second kappa shape index (κ2) is 13.0. The molecule has 58 heavy (non-hydrogen) atoms. The summed E-state index contributed by atoms with van der Waals surface area (Å²) in [7, 11) is 0. The molecule has 0 N–H and O–H groups in total. The molecular weight excluding hydrogens is 717 g/mol. The molecule has 0 bridgehead atoms. The highest BCUT2D eigenvalue weighted by atomic mass is 32.1. The SMILES string of the molecule is c1ccc(C2(c3ccccc3)c3cc(-c4c5ccccc5c(-c5ccc(-c6cccc7ccccc67)cc5)c5ccccc45)ccc3-c3sc4ccccc4c32)cc1. The van der Waals surface area contributed by atoms with Crippen LogP contribution in [0.4, 0.5) is 0 Å². The van der Waals surface area contributed by atoms with Crippen molar-refractivity contribution in [2.45, 2.75) is 5.41 Å². The molecule has 0 spiro atoms. The van der Waals surface area contributed by atoms with Gasteiger partial charge in [0.15, 0.2) is 0 Å². The van der Waals surface area contributed by atoms with Gasteiger partial charge in [0.05, 0.1) is 5.41 Å². The van der Waals surface area contributed by atoms with Crippen molar-refractivity contribution in [3.05, 3.63) is 241 Å². The van der Waals surface area contributed by atoms with Gasteiger partial charge >= 0.3 is 0 Å². The molecule has 10 aromatic carbocycles. The van der Waals surface area contributed by atoms with Gasteiger partial charge < -0.3 is 0 Å². The molecule has 12 rings (SSSR count). The van der Waals surface area contributed by atoms with Crippen molar-refractivity contribution in [2.75, 3.05) is 0 Å². The van der Waals surface area contributed by atoms with Crippen LogP contribution in [0.2, 0.25) is 0 Å². The van der Waals surface area contributed by atoms with Crippen molar-refractivity contribution < 1.29 is 0 Å². The summed E-state index contributed by atoms with van der Waals surface area (Å²) in [5.41, 5.74) is 13.7. The number of hydrogen-bond acceptors (Lipinski definition) is 1. The molecule has 0 unspecified atom stereocenters. The first-order valence-corrected chi connectivity index (χ1v) is 20.9. The maximum atomic E-state index is 2.53. The topological polar surface area (TPSA) is 0 Å². The van der Waals surface area contributed by atoms with Crippen LogP contribution in [0.25, 0.3) is 86.2 Å². The summed E-state index contributed by atoms with van der Waals surface area (Å²) in [5.74, 6) is 0. The monoisotopic (exact) mass is 752 g/mol. The minimum Gasteiger partial charge on any atom is -0.135 e. The lowest BCUT2D eigenvalue weighted by atomic mass is 9.67. The first-order valence-electron chi connectivity index (χ1n) is 20.1. The summed E-state index contributed by atoms with van der Waals surface area (Å²) in [6.07, 6.45) is 0. The molecule has 0 aliphatic heterocycles. The van der Waals surface area contributed by atoms with Crippen molar-refractivity contribution in [3.63, 3.8) is 0 Å². The van der Waals surface area contributed by atoms with E-state index in [0.717, 1.165) is 0 Å². The second-order valence-corrected chi connectivity index (χ2v) is 16.5. The third-order valence-corrected chi connectivity index (χ3v) is 13.8. The number of fused-ring (bicyclic) bond motifs is 8. The van der Waals surface area contributed by atoms with E-state index in [-0.39, 0.29) is 0 Å². The molecule has 0 saturated carbocycles.